The van der Waals surface area contributed by atoms with E-state index in [0.717, 1.165) is 0 Å². The molecular formula is C15H27BN2O8. The number of aliphatic hydroxyl groups is 4. The van der Waals surface area contributed by atoms with Crippen LogP contribution in [0.1, 0.15) is 26.7 Å². The Labute approximate surface area is 152 Å². The van der Waals surface area contributed by atoms with E-state index in [-0.39, 0.29) is 12.3 Å². The minimum atomic E-state index is -1.34. The molecular weight excluding hydrogens is 347 g/mol. The van der Waals surface area contributed by atoms with Crippen molar-refractivity contribution in [2.24, 2.45) is 16.8 Å². The molecule has 0 saturated carbocycles. The van der Waals surface area contributed by atoms with Crippen molar-refractivity contribution in [2.75, 3.05) is 13.2 Å². The zero-order chi connectivity index (χ0) is 19.4. The number of hydrogen-bond donors (Lipinski definition) is 5. The van der Waals surface area contributed by atoms with Gasteiger partial charge >= 0.3 is 7.12 Å². The highest BCUT2D eigenvalue weighted by molar-refractivity contribution is 6.53. The summed E-state index contributed by atoms with van der Waals surface area (Å²) in [5.74, 6) is -0.854. The van der Waals surface area contributed by atoms with E-state index in [4.69, 9.17) is 19.9 Å². The summed E-state index contributed by atoms with van der Waals surface area (Å²) in [5.41, 5.74) is 5.78. The van der Waals surface area contributed by atoms with Crippen LogP contribution in [0.25, 0.3) is 0 Å². The van der Waals surface area contributed by atoms with Crippen LogP contribution in [0.5, 0.6) is 0 Å². The van der Waals surface area contributed by atoms with E-state index in [0.29, 0.717) is 12.1 Å². The highest BCUT2D eigenvalue weighted by Gasteiger charge is 2.49. The predicted octanol–water partition coefficient (Wildman–Crippen LogP) is -1.99. The Hall–Kier alpha value is -1.24. The van der Waals surface area contributed by atoms with Gasteiger partial charge in [0, 0.05) is 12.2 Å². The van der Waals surface area contributed by atoms with Gasteiger partial charge in [-0.05, 0) is 12.3 Å². The number of oxime groups is 1. The van der Waals surface area contributed by atoms with Crippen LogP contribution in [0, 0.1) is 5.92 Å². The Bertz CT molecular complexity index is 520. The van der Waals surface area contributed by atoms with Crippen LogP contribution >= 0.6 is 0 Å². The maximum Gasteiger partial charge on any atom is 0.467 e. The number of carbonyl (C=O) groups excluding carboxylic acids is 1. The smallest absolute Gasteiger partial charge is 0.403 e. The second kappa shape index (κ2) is 9.11. The van der Waals surface area contributed by atoms with Crippen molar-refractivity contribution < 1.29 is 39.4 Å². The second-order valence-corrected chi connectivity index (χ2v) is 7.09. The maximum atomic E-state index is 11.3. The third-order valence-corrected chi connectivity index (χ3v) is 4.55. The highest BCUT2D eigenvalue weighted by Crippen LogP contribution is 2.34. The van der Waals surface area contributed by atoms with E-state index < -0.39 is 62.6 Å². The zero-order valence-electron chi connectivity index (χ0n) is 14.9. The molecule has 0 bridgehead atoms. The van der Waals surface area contributed by atoms with Crippen molar-refractivity contribution in [1.82, 2.24) is 0 Å². The predicted molar refractivity (Wildman–Crippen MR) is 91.0 cm³/mol. The average Bonchev–Trinajstić information content (AvgIpc) is 3.09. The van der Waals surface area contributed by atoms with E-state index in [1.165, 1.54) is 0 Å². The maximum absolute atomic E-state index is 11.3. The van der Waals surface area contributed by atoms with Gasteiger partial charge in [-0.25, -0.2) is 0 Å². The Morgan fingerprint density at radius 3 is 2.58 bits per heavy atom. The van der Waals surface area contributed by atoms with E-state index in [2.05, 4.69) is 5.16 Å². The van der Waals surface area contributed by atoms with Crippen LogP contribution < -0.4 is 5.73 Å². The molecule has 1 amide bonds. The molecule has 10 nitrogen and oxygen atoms in total. The Morgan fingerprint density at radius 1 is 1.38 bits per heavy atom. The first-order valence-corrected chi connectivity index (χ1v) is 8.69. The first kappa shape index (κ1) is 21.1. The van der Waals surface area contributed by atoms with Gasteiger partial charge in [-0.1, -0.05) is 19.0 Å². The summed E-state index contributed by atoms with van der Waals surface area (Å²) in [5, 5.41) is 42.8. The molecule has 0 aromatic carbocycles. The Morgan fingerprint density at radius 2 is 2.08 bits per heavy atom. The van der Waals surface area contributed by atoms with E-state index >= 15 is 0 Å². The largest absolute Gasteiger partial charge is 0.467 e. The fourth-order valence-corrected chi connectivity index (χ4v) is 3.17. The fourth-order valence-electron chi connectivity index (χ4n) is 3.17. The summed E-state index contributed by atoms with van der Waals surface area (Å²) in [6, 6.07) is 0. The molecule has 2 rings (SSSR count). The normalized spacial score (nSPS) is 31.5. The van der Waals surface area contributed by atoms with Gasteiger partial charge in [-0.2, -0.15) is 0 Å². The number of nitrogens with two attached hydrogens (primary N) is 1. The lowest BCUT2D eigenvalue weighted by molar-refractivity contribution is -0.150. The van der Waals surface area contributed by atoms with Crippen LogP contribution in [-0.4, -0.2) is 82.9 Å². The van der Waals surface area contributed by atoms with E-state index in [9.17, 15) is 25.2 Å². The monoisotopic (exact) mass is 374 g/mol. The van der Waals surface area contributed by atoms with Gasteiger partial charge in [0.05, 0.1) is 31.1 Å². The van der Waals surface area contributed by atoms with Crippen LogP contribution in [0.15, 0.2) is 5.16 Å². The van der Waals surface area contributed by atoms with Gasteiger partial charge in [0.2, 0.25) is 6.10 Å². The van der Waals surface area contributed by atoms with Gasteiger partial charge in [0.1, 0.15) is 12.2 Å². The molecule has 0 radical (unpaired) electrons. The standard InChI is InChI=1S/C15H27BN2O8/c1-7(2)3-8(9-4-11(15(17)23)26-18-9)16-24-12(6-20)13(22)14(25-16)10(21)5-19/h7-8,10-14,19-22H,3-6H2,1-2H3,(H2,17,23)/t8-,10?,11?,12?,13?,14?/m1/s1. The van der Waals surface area contributed by atoms with Crippen molar-refractivity contribution in [3.63, 3.8) is 0 Å². The molecule has 5 unspecified atom stereocenters. The minimum Gasteiger partial charge on any atom is -0.403 e. The first-order valence-electron chi connectivity index (χ1n) is 8.69. The van der Waals surface area contributed by atoms with Gasteiger partial charge < -0.3 is 40.3 Å². The summed E-state index contributed by atoms with van der Waals surface area (Å²) in [6.45, 7) is 2.86. The molecule has 26 heavy (non-hydrogen) atoms. The fraction of sp³-hybridized carbons (Fsp3) is 0.867. The van der Waals surface area contributed by atoms with Crippen LogP contribution in [0.2, 0.25) is 5.82 Å². The number of aliphatic hydroxyl groups excluding tert-OH is 4. The second-order valence-electron chi connectivity index (χ2n) is 7.09. The molecule has 0 spiro atoms. The van der Waals surface area contributed by atoms with Crippen molar-refractivity contribution in [2.45, 2.75) is 63.0 Å². The SMILES string of the molecule is CC(C)C[C@@H](B1OC(CO)C(O)C(C(O)CO)O1)C1=NOC(C(N)=O)C1. The average molecular weight is 374 g/mol. The quantitative estimate of drug-likeness (QED) is 0.305. The third-order valence-electron chi connectivity index (χ3n) is 4.55. The van der Waals surface area contributed by atoms with Crippen LogP contribution in [0.3, 0.4) is 0 Å². The molecule has 0 aliphatic carbocycles. The molecule has 0 aromatic rings. The highest BCUT2D eigenvalue weighted by atomic mass is 16.7. The van der Waals surface area contributed by atoms with Crippen molar-refractivity contribution in [3.8, 4) is 0 Å². The summed E-state index contributed by atoms with van der Waals surface area (Å²) >= 11 is 0. The van der Waals surface area contributed by atoms with Gasteiger partial charge in [-0.3, -0.25) is 4.79 Å². The number of nitrogens with zero attached hydrogens (tertiary/aromatic N) is 1. The van der Waals surface area contributed by atoms with Crippen molar-refractivity contribution >= 4 is 18.7 Å². The van der Waals surface area contributed by atoms with Crippen molar-refractivity contribution in [1.29, 1.82) is 0 Å². The summed E-state index contributed by atoms with van der Waals surface area (Å²) in [6.07, 6.45) is -4.89. The molecule has 0 aromatic heterocycles. The lowest BCUT2D eigenvalue weighted by atomic mass is 9.63. The van der Waals surface area contributed by atoms with Crippen molar-refractivity contribution in [3.05, 3.63) is 0 Å². The van der Waals surface area contributed by atoms with E-state index in [1.54, 1.807) is 0 Å². The molecule has 6 N–H and O–H groups in total. The number of hydrogen-bond acceptors (Lipinski definition) is 9. The Balaban J connectivity index is 2.22. The van der Waals surface area contributed by atoms with Crippen LogP contribution in [0.4, 0.5) is 0 Å². The molecule has 2 heterocycles. The van der Waals surface area contributed by atoms with Crippen LogP contribution in [-0.2, 0) is 18.9 Å². The third kappa shape index (κ3) is 4.73. The summed E-state index contributed by atoms with van der Waals surface area (Å²) < 4.78 is 11.4. The lowest BCUT2D eigenvalue weighted by Gasteiger charge is -2.41. The van der Waals surface area contributed by atoms with Gasteiger partial charge in [0.15, 0.2) is 0 Å². The molecule has 6 atom stereocenters. The summed E-state index contributed by atoms with van der Waals surface area (Å²) in [7, 11) is -0.946. The number of carbonyl (C=O) groups is 1. The number of amides is 1. The molecule has 1 saturated heterocycles. The Kier molecular flexibility index (Phi) is 7.38. The topological polar surface area (TPSA) is 164 Å². The molecule has 1 fully saturated rings. The number of primary amides is 1. The summed E-state index contributed by atoms with van der Waals surface area (Å²) in [4.78, 5) is 16.4. The van der Waals surface area contributed by atoms with Gasteiger partial charge in [-0.15, -0.1) is 0 Å². The minimum absolute atomic E-state index is 0.190. The first-order chi connectivity index (χ1) is 12.3. The molecule has 11 heteroatoms. The molecule has 2 aliphatic rings. The number of rotatable bonds is 8. The molecule has 148 valence electrons. The zero-order valence-corrected chi connectivity index (χ0v) is 14.9. The lowest BCUT2D eigenvalue weighted by Crippen LogP contribution is -2.59. The molecule has 2 aliphatic heterocycles. The van der Waals surface area contributed by atoms with Gasteiger partial charge in [0.25, 0.3) is 5.91 Å². The van der Waals surface area contributed by atoms with E-state index in [1.807, 2.05) is 13.8 Å².